The molecule has 0 radical (unpaired) electrons. The van der Waals surface area contributed by atoms with Gasteiger partial charge in [-0.3, -0.25) is 0 Å². The third-order valence-electron chi connectivity index (χ3n) is 1.39. The molecule has 0 amide bonds. The van der Waals surface area contributed by atoms with Gasteiger partial charge in [0, 0.05) is 13.1 Å². The fourth-order valence-electron chi connectivity index (χ4n) is 0.864. The van der Waals surface area contributed by atoms with Gasteiger partial charge in [-0.05, 0) is 27.8 Å². The second kappa shape index (κ2) is 5.33. The molecule has 0 saturated heterocycles. The highest BCUT2D eigenvalue weighted by Gasteiger charge is 1.99. The first kappa shape index (κ1) is 10.7. The van der Waals surface area contributed by atoms with Gasteiger partial charge in [0.2, 0.25) is 0 Å². The van der Waals surface area contributed by atoms with E-state index in [2.05, 4.69) is 24.8 Å². The van der Waals surface area contributed by atoms with E-state index in [9.17, 15) is 0 Å². The van der Waals surface area contributed by atoms with Crippen LogP contribution in [0.3, 0.4) is 0 Å². The van der Waals surface area contributed by atoms with Gasteiger partial charge in [-0.1, -0.05) is 11.6 Å². The van der Waals surface area contributed by atoms with Crippen molar-refractivity contribution in [1.29, 1.82) is 0 Å². The molecule has 0 bridgehead atoms. The Hall–Kier alpha value is -0.340. The van der Waals surface area contributed by atoms with Gasteiger partial charge in [0.05, 0.1) is 6.10 Å². The number of rotatable bonds is 4. The van der Waals surface area contributed by atoms with Crippen molar-refractivity contribution in [3.63, 3.8) is 0 Å². The first-order chi connectivity index (χ1) is 5.02. The number of aliphatic hydroxyl groups is 1. The Kier molecular flexibility index (Phi) is 5.16. The van der Waals surface area contributed by atoms with Gasteiger partial charge in [-0.15, -0.1) is 0 Å². The van der Waals surface area contributed by atoms with Crippen molar-refractivity contribution in [2.75, 3.05) is 20.1 Å². The molecule has 2 nitrogen and oxygen atoms in total. The molecule has 0 rings (SSSR count). The molecule has 0 aliphatic carbocycles. The molecule has 1 N–H and O–H groups in total. The average Bonchev–Trinajstić information content (AvgIpc) is 1.82. The monoisotopic (exact) mass is 157 g/mol. The van der Waals surface area contributed by atoms with Crippen LogP contribution in [-0.4, -0.2) is 36.2 Å². The highest BCUT2D eigenvalue weighted by molar-refractivity contribution is 4.94. The minimum absolute atomic E-state index is 0.231. The third kappa shape index (κ3) is 7.56. The van der Waals surface area contributed by atoms with Crippen LogP contribution in [0.1, 0.15) is 20.8 Å². The first-order valence-corrected chi connectivity index (χ1v) is 4.02. The van der Waals surface area contributed by atoms with E-state index in [1.54, 1.807) is 6.92 Å². The van der Waals surface area contributed by atoms with Crippen LogP contribution in [0.25, 0.3) is 0 Å². The predicted molar refractivity (Wildman–Crippen MR) is 48.6 cm³/mol. The lowest BCUT2D eigenvalue weighted by Gasteiger charge is -2.16. The molecule has 66 valence electrons. The molecule has 0 aliphatic rings. The minimum Gasteiger partial charge on any atom is -0.392 e. The molecule has 0 aliphatic heterocycles. The Morgan fingerprint density at radius 1 is 1.55 bits per heavy atom. The molecular formula is C9H19NO. The van der Waals surface area contributed by atoms with Crippen LogP contribution in [0.2, 0.25) is 0 Å². The quantitative estimate of drug-likeness (QED) is 0.621. The van der Waals surface area contributed by atoms with E-state index in [1.807, 2.05) is 7.05 Å². The lowest BCUT2D eigenvalue weighted by Crippen LogP contribution is -2.27. The predicted octanol–water partition coefficient (Wildman–Crippen LogP) is 1.27. The number of hydrogen-bond donors (Lipinski definition) is 1. The number of allylic oxidation sites excluding steroid dienone is 1. The van der Waals surface area contributed by atoms with Gasteiger partial charge in [0.25, 0.3) is 0 Å². The van der Waals surface area contributed by atoms with Crippen molar-refractivity contribution in [2.45, 2.75) is 26.9 Å². The van der Waals surface area contributed by atoms with Gasteiger partial charge < -0.3 is 10.0 Å². The van der Waals surface area contributed by atoms with E-state index in [1.165, 1.54) is 5.57 Å². The van der Waals surface area contributed by atoms with Gasteiger partial charge >= 0.3 is 0 Å². The van der Waals surface area contributed by atoms with E-state index in [0.29, 0.717) is 0 Å². The summed E-state index contributed by atoms with van der Waals surface area (Å²) in [4.78, 5) is 2.09. The van der Waals surface area contributed by atoms with Crippen LogP contribution < -0.4 is 0 Å². The van der Waals surface area contributed by atoms with Crippen molar-refractivity contribution < 1.29 is 5.11 Å². The van der Waals surface area contributed by atoms with Crippen molar-refractivity contribution >= 4 is 0 Å². The number of hydrogen-bond acceptors (Lipinski definition) is 2. The highest BCUT2D eigenvalue weighted by atomic mass is 16.3. The number of likely N-dealkylation sites (N-methyl/N-ethyl adjacent to an activating group) is 1. The second-order valence-corrected chi connectivity index (χ2v) is 3.35. The normalized spacial score (nSPS) is 13.3. The summed E-state index contributed by atoms with van der Waals surface area (Å²) in [6, 6.07) is 0. The molecule has 0 aromatic carbocycles. The van der Waals surface area contributed by atoms with E-state index in [0.717, 1.165) is 13.1 Å². The zero-order valence-corrected chi connectivity index (χ0v) is 7.96. The van der Waals surface area contributed by atoms with Crippen LogP contribution in [0.5, 0.6) is 0 Å². The zero-order chi connectivity index (χ0) is 8.85. The van der Waals surface area contributed by atoms with E-state index >= 15 is 0 Å². The van der Waals surface area contributed by atoms with Crippen LogP contribution in [0.15, 0.2) is 11.6 Å². The van der Waals surface area contributed by atoms with Crippen molar-refractivity contribution in [3.05, 3.63) is 11.6 Å². The maximum atomic E-state index is 9.03. The summed E-state index contributed by atoms with van der Waals surface area (Å²) in [6.07, 6.45) is 1.92. The Labute approximate surface area is 69.5 Å². The maximum absolute atomic E-state index is 9.03. The van der Waals surface area contributed by atoms with Gasteiger partial charge in [-0.25, -0.2) is 0 Å². The van der Waals surface area contributed by atoms with E-state index in [4.69, 9.17) is 5.11 Å². The average molecular weight is 157 g/mol. The van der Waals surface area contributed by atoms with Crippen LogP contribution >= 0.6 is 0 Å². The van der Waals surface area contributed by atoms with Gasteiger partial charge in [-0.2, -0.15) is 0 Å². The molecule has 2 heteroatoms. The Balaban J connectivity index is 3.53. The van der Waals surface area contributed by atoms with Gasteiger partial charge in [0.15, 0.2) is 0 Å². The highest BCUT2D eigenvalue weighted by Crippen LogP contribution is 1.92. The first-order valence-electron chi connectivity index (χ1n) is 4.02. The molecular weight excluding hydrogens is 138 g/mol. The fourth-order valence-corrected chi connectivity index (χ4v) is 0.864. The summed E-state index contributed by atoms with van der Waals surface area (Å²) in [5.74, 6) is 0. The molecule has 0 spiro atoms. The summed E-state index contributed by atoms with van der Waals surface area (Å²) in [7, 11) is 2.01. The summed E-state index contributed by atoms with van der Waals surface area (Å²) >= 11 is 0. The molecule has 0 fully saturated rings. The minimum atomic E-state index is -0.231. The van der Waals surface area contributed by atoms with E-state index in [-0.39, 0.29) is 6.10 Å². The number of aliphatic hydroxyl groups excluding tert-OH is 1. The molecule has 0 aromatic heterocycles. The fraction of sp³-hybridized carbons (Fsp3) is 0.778. The smallest absolute Gasteiger partial charge is 0.0639 e. The van der Waals surface area contributed by atoms with Gasteiger partial charge in [0.1, 0.15) is 0 Å². The molecule has 1 atom stereocenters. The molecule has 1 unspecified atom stereocenters. The summed E-state index contributed by atoms with van der Waals surface area (Å²) < 4.78 is 0. The summed E-state index contributed by atoms with van der Waals surface area (Å²) in [5.41, 5.74) is 1.32. The van der Waals surface area contributed by atoms with Crippen LogP contribution in [0.4, 0.5) is 0 Å². The maximum Gasteiger partial charge on any atom is 0.0639 e. The molecule has 0 aromatic rings. The third-order valence-corrected chi connectivity index (χ3v) is 1.39. The topological polar surface area (TPSA) is 23.5 Å². The molecule has 0 heterocycles. The van der Waals surface area contributed by atoms with Crippen molar-refractivity contribution in [3.8, 4) is 0 Å². The molecule has 0 saturated carbocycles. The SMILES string of the molecule is CC(C)=CCN(C)CC(C)O. The lowest BCUT2D eigenvalue weighted by molar-refractivity contribution is 0.147. The molecule has 11 heavy (non-hydrogen) atoms. The Morgan fingerprint density at radius 2 is 2.09 bits per heavy atom. The summed E-state index contributed by atoms with van der Waals surface area (Å²) in [5, 5.41) is 9.03. The zero-order valence-electron chi connectivity index (χ0n) is 7.96. The lowest BCUT2D eigenvalue weighted by atomic mass is 10.3. The van der Waals surface area contributed by atoms with Crippen molar-refractivity contribution in [2.24, 2.45) is 0 Å². The Morgan fingerprint density at radius 3 is 2.45 bits per heavy atom. The standard InChI is InChI=1S/C9H19NO/c1-8(2)5-6-10(4)7-9(3)11/h5,9,11H,6-7H2,1-4H3. The Bertz CT molecular complexity index is 126. The van der Waals surface area contributed by atoms with Crippen LogP contribution in [-0.2, 0) is 0 Å². The largest absolute Gasteiger partial charge is 0.392 e. The summed E-state index contributed by atoms with van der Waals surface area (Å²) in [6.45, 7) is 7.63. The van der Waals surface area contributed by atoms with Crippen molar-refractivity contribution in [1.82, 2.24) is 4.90 Å². The number of nitrogens with zero attached hydrogens (tertiary/aromatic N) is 1. The second-order valence-electron chi connectivity index (χ2n) is 3.35. The van der Waals surface area contributed by atoms with Crippen LogP contribution in [0, 0.1) is 0 Å². The van der Waals surface area contributed by atoms with E-state index < -0.39 is 0 Å².